The van der Waals surface area contributed by atoms with Crippen molar-refractivity contribution in [2.24, 2.45) is 0 Å². The van der Waals surface area contributed by atoms with Gasteiger partial charge in [0.25, 0.3) is 0 Å². The fourth-order valence-electron chi connectivity index (χ4n) is 2.97. The van der Waals surface area contributed by atoms with E-state index in [0.717, 1.165) is 16.9 Å². The molecule has 1 N–H and O–H groups in total. The average Bonchev–Trinajstić information content (AvgIpc) is 2.64. The smallest absolute Gasteiger partial charge is 0.224 e. The molecule has 0 bridgehead atoms. The molecule has 1 heterocycles. The Labute approximate surface area is 151 Å². The largest absolute Gasteiger partial charge is 0.508 e. The minimum absolute atomic E-state index is 0.0854. The second-order valence-corrected chi connectivity index (χ2v) is 6.93. The van der Waals surface area contributed by atoms with E-state index in [1.165, 1.54) is 0 Å². The summed E-state index contributed by atoms with van der Waals surface area (Å²) in [5, 5.41) is 9.43. The molecule has 0 radical (unpaired) electrons. The molecule has 3 rings (SSSR count). The number of carbonyl (C=O) groups is 1. The van der Waals surface area contributed by atoms with E-state index in [4.69, 9.17) is 9.47 Å². The number of carbonyl (C=O) groups excluding carboxylic acids is 1. The van der Waals surface area contributed by atoms with Gasteiger partial charge >= 0.3 is 0 Å². The summed E-state index contributed by atoms with van der Waals surface area (Å²) in [7, 11) is 3.20. The van der Waals surface area contributed by atoms with Gasteiger partial charge in [0.05, 0.1) is 20.8 Å². The molecule has 2 aromatic rings. The number of rotatable bonds is 5. The van der Waals surface area contributed by atoms with Gasteiger partial charge in [-0.15, -0.1) is 11.8 Å². The van der Waals surface area contributed by atoms with Gasteiger partial charge in [-0.1, -0.05) is 24.3 Å². The van der Waals surface area contributed by atoms with E-state index in [1.54, 1.807) is 38.1 Å². The van der Waals surface area contributed by atoms with Crippen LogP contribution in [0.3, 0.4) is 0 Å². The normalized spacial score (nSPS) is 17.4. The van der Waals surface area contributed by atoms with Gasteiger partial charge in [-0.2, -0.15) is 0 Å². The number of thioether (sulfide) groups is 1. The SMILES string of the molecule is COc1cccc(CN2C(=O)CCSC2c2ccc(O)cc2)c1OC. The number of phenols is 1. The summed E-state index contributed by atoms with van der Waals surface area (Å²) in [6.07, 6.45) is 0.519. The molecule has 0 saturated carbocycles. The number of methoxy groups -OCH3 is 2. The van der Waals surface area contributed by atoms with Gasteiger partial charge in [0.2, 0.25) is 5.91 Å². The van der Waals surface area contributed by atoms with Crippen LogP contribution in [0.25, 0.3) is 0 Å². The zero-order valence-electron chi connectivity index (χ0n) is 14.3. The van der Waals surface area contributed by atoms with Gasteiger partial charge in [0.1, 0.15) is 11.1 Å². The zero-order valence-corrected chi connectivity index (χ0v) is 15.1. The molecule has 25 heavy (non-hydrogen) atoms. The van der Waals surface area contributed by atoms with Crippen LogP contribution >= 0.6 is 11.8 Å². The molecule has 6 heteroatoms. The lowest BCUT2D eigenvalue weighted by atomic mass is 10.1. The summed E-state index contributed by atoms with van der Waals surface area (Å²) in [6.45, 7) is 0.442. The van der Waals surface area contributed by atoms with Crippen molar-refractivity contribution >= 4 is 17.7 Å². The van der Waals surface area contributed by atoms with Gasteiger partial charge in [-0.3, -0.25) is 4.79 Å². The number of hydrogen-bond donors (Lipinski definition) is 1. The molecule has 1 unspecified atom stereocenters. The number of ether oxygens (including phenoxy) is 2. The maximum atomic E-state index is 12.6. The Hall–Kier alpha value is -2.34. The fraction of sp³-hybridized carbons (Fsp3) is 0.316. The third-order valence-electron chi connectivity index (χ3n) is 4.20. The molecular weight excluding hydrogens is 338 g/mol. The monoisotopic (exact) mass is 359 g/mol. The number of amides is 1. The van der Waals surface area contributed by atoms with E-state index in [9.17, 15) is 9.90 Å². The van der Waals surface area contributed by atoms with Gasteiger partial charge in [0, 0.05) is 17.7 Å². The Balaban J connectivity index is 1.92. The molecule has 1 aliphatic heterocycles. The van der Waals surface area contributed by atoms with Crippen LogP contribution in [-0.4, -0.2) is 35.9 Å². The number of benzene rings is 2. The van der Waals surface area contributed by atoms with Crippen molar-refractivity contribution < 1.29 is 19.4 Å². The second kappa shape index (κ2) is 7.70. The summed E-state index contributed by atoms with van der Waals surface area (Å²) in [5.74, 6) is 2.42. The number of nitrogens with zero attached hydrogens (tertiary/aromatic N) is 1. The first-order chi connectivity index (χ1) is 12.1. The summed E-state index contributed by atoms with van der Waals surface area (Å²) in [4.78, 5) is 14.5. The maximum absolute atomic E-state index is 12.6. The molecule has 2 aromatic carbocycles. The predicted molar refractivity (Wildman–Crippen MR) is 98.0 cm³/mol. The molecular formula is C19H21NO4S. The summed E-state index contributed by atoms with van der Waals surface area (Å²) < 4.78 is 10.9. The molecule has 5 nitrogen and oxygen atoms in total. The van der Waals surface area contributed by atoms with Crippen LogP contribution in [0.2, 0.25) is 0 Å². The third kappa shape index (κ3) is 3.69. The first-order valence-corrected chi connectivity index (χ1v) is 9.08. The van der Waals surface area contributed by atoms with Crippen molar-refractivity contribution in [3.63, 3.8) is 0 Å². The van der Waals surface area contributed by atoms with Crippen molar-refractivity contribution in [2.45, 2.75) is 18.3 Å². The topological polar surface area (TPSA) is 59.0 Å². The molecule has 0 spiro atoms. The molecule has 0 aliphatic carbocycles. The first kappa shape index (κ1) is 17.5. The standard InChI is InChI=1S/C19H21NO4S/c1-23-16-5-3-4-14(18(16)24-2)12-20-17(22)10-11-25-19(20)13-6-8-15(21)9-7-13/h3-9,19,21H,10-12H2,1-2H3. The van der Waals surface area contributed by atoms with Crippen LogP contribution in [0.15, 0.2) is 42.5 Å². The van der Waals surface area contributed by atoms with Crippen LogP contribution < -0.4 is 9.47 Å². The van der Waals surface area contributed by atoms with Crippen molar-refractivity contribution in [3.8, 4) is 17.2 Å². The van der Waals surface area contributed by atoms with E-state index in [-0.39, 0.29) is 17.0 Å². The van der Waals surface area contributed by atoms with Gasteiger partial charge in [-0.05, 0) is 23.8 Å². The highest BCUT2D eigenvalue weighted by Crippen LogP contribution is 2.40. The van der Waals surface area contributed by atoms with E-state index in [2.05, 4.69) is 0 Å². The number of phenolic OH excluding ortho intramolecular Hbond substituents is 1. The van der Waals surface area contributed by atoms with Crippen molar-refractivity contribution in [3.05, 3.63) is 53.6 Å². The van der Waals surface area contributed by atoms with E-state index < -0.39 is 0 Å². The minimum Gasteiger partial charge on any atom is -0.508 e. The number of para-hydroxylation sites is 1. The highest BCUT2D eigenvalue weighted by Gasteiger charge is 2.30. The maximum Gasteiger partial charge on any atom is 0.224 e. The molecule has 1 aliphatic rings. The van der Waals surface area contributed by atoms with Crippen LogP contribution in [-0.2, 0) is 11.3 Å². The Morgan fingerprint density at radius 3 is 2.60 bits per heavy atom. The Morgan fingerprint density at radius 1 is 1.16 bits per heavy atom. The quantitative estimate of drug-likeness (QED) is 0.884. The van der Waals surface area contributed by atoms with Crippen molar-refractivity contribution in [2.75, 3.05) is 20.0 Å². The van der Waals surface area contributed by atoms with Gasteiger partial charge < -0.3 is 19.5 Å². The highest BCUT2D eigenvalue weighted by atomic mass is 32.2. The average molecular weight is 359 g/mol. The van der Waals surface area contributed by atoms with Crippen molar-refractivity contribution in [1.29, 1.82) is 0 Å². The predicted octanol–water partition coefficient (Wildman–Crippen LogP) is 3.57. The zero-order chi connectivity index (χ0) is 17.8. The summed E-state index contributed by atoms with van der Waals surface area (Å²) >= 11 is 1.73. The number of hydrogen-bond acceptors (Lipinski definition) is 5. The van der Waals surface area contributed by atoms with E-state index in [0.29, 0.717) is 24.5 Å². The van der Waals surface area contributed by atoms with E-state index in [1.807, 2.05) is 35.2 Å². The van der Waals surface area contributed by atoms with Gasteiger partial charge in [0.15, 0.2) is 11.5 Å². The van der Waals surface area contributed by atoms with Crippen LogP contribution in [0.5, 0.6) is 17.2 Å². The second-order valence-electron chi connectivity index (χ2n) is 5.74. The highest BCUT2D eigenvalue weighted by molar-refractivity contribution is 7.99. The van der Waals surface area contributed by atoms with E-state index >= 15 is 0 Å². The van der Waals surface area contributed by atoms with Crippen LogP contribution in [0, 0.1) is 0 Å². The molecule has 132 valence electrons. The Kier molecular flexibility index (Phi) is 5.38. The molecule has 1 atom stereocenters. The fourth-order valence-corrected chi connectivity index (χ4v) is 4.21. The Bertz CT molecular complexity index is 748. The molecule has 1 fully saturated rings. The molecule has 1 saturated heterocycles. The Morgan fingerprint density at radius 2 is 1.92 bits per heavy atom. The lowest BCUT2D eigenvalue weighted by molar-refractivity contribution is -0.132. The molecule has 0 aromatic heterocycles. The first-order valence-electron chi connectivity index (χ1n) is 8.04. The van der Waals surface area contributed by atoms with Crippen molar-refractivity contribution in [1.82, 2.24) is 4.90 Å². The lowest BCUT2D eigenvalue weighted by Crippen LogP contribution is -2.36. The third-order valence-corrected chi connectivity index (χ3v) is 5.48. The van der Waals surface area contributed by atoms with Gasteiger partial charge in [-0.25, -0.2) is 0 Å². The summed E-state index contributed by atoms with van der Waals surface area (Å²) in [5.41, 5.74) is 1.90. The van der Waals surface area contributed by atoms with Crippen LogP contribution in [0.1, 0.15) is 22.9 Å². The number of aromatic hydroxyl groups is 1. The lowest BCUT2D eigenvalue weighted by Gasteiger charge is -2.36. The summed E-state index contributed by atoms with van der Waals surface area (Å²) in [6, 6.07) is 12.7. The van der Waals surface area contributed by atoms with Crippen LogP contribution in [0.4, 0.5) is 0 Å². The molecule has 1 amide bonds. The minimum atomic E-state index is -0.0854.